The molecule has 0 unspecified atom stereocenters. The molecule has 4 rings (SSSR count). The highest BCUT2D eigenvalue weighted by atomic mass is 35.5. The van der Waals surface area contributed by atoms with Crippen molar-refractivity contribution >= 4 is 35.0 Å². The Kier molecular flexibility index (Phi) is 6.24. The van der Waals surface area contributed by atoms with E-state index in [-0.39, 0.29) is 17.7 Å². The summed E-state index contributed by atoms with van der Waals surface area (Å²) in [4.78, 5) is 43.7. The second kappa shape index (κ2) is 8.94. The van der Waals surface area contributed by atoms with E-state index in [1.807, 2.05) is 49.1 Å². The van der Waals surface area contributed by atoms with Gasteiger partial charge in [-0.3, -0.25) is 14.4 Å². The summed E-state index contributed by atoms with van der Waals surface area (Å²) in [5.74, 6) is -0.00855. The first-order chi connectivity index (χ1) is 15.3. The van der Waals surface area contributed by atoms with Gasteiger partial charge < -0.3 is 14.7 Å². The van der Waals surface area contributed by atoms with E-state index < -0.39 is 5.41 Å². The van der Waals surface area contributed by atoms with E-state index in [1.165, 1.54) is 0 Å². The second-order valence-corrected chi connectivity index (χ2v) is 9.30. The van der Waals surface area contributed by atoms with Gasteiger partial charge in [0.1, 0.15) is 0 Å². The van der Waals surface area contributed by atoms with Crippen LogP contribution in [-0.2, 0) is 15.0 Å². The molecule has 168 valence electrons. The van der Waals surface area contributed by atoms with E-state index in [9.17, 15) is 14.4 Å². The molecular weight excluding hydrogens is 426 g/mol. The Morgan fingerprint density at radius 2 is 1.56 bits per heavy atom. The molecule has 0 bridgehead atoms. The van der Waals surface area contributed by atoms with Crippen molar-refractivity contribution in [3.05, 3.63) is 64.7 Å². The zero-order valence-electron chi connectivity index (χ0n) is 18.5. The van der Waals surface area contributed by atoms with Crippen LogP contribution in [0.15, 0.2) is 48.5 Å². The number of halogens is 1. The molecule has 0 saturated carbocycles. The van der Waals surface area contributed by atoms with E-state index in [1.54, 1.807) is 28.0 Å². The van der Waals surface area contributed by atoms with Crippen LogP contribution >= 0.6 is 11.6 Å². The standard InChI is InChI=1S/C25H28ClN3O3/c1-25(2,19-7-4-3-5-8-19)24(32)28-15-13-27(14-16-28)23(31)18-10-11-20(26)21(17-18)29-12-6-9-22(29)30/h3-5,7-8,10-11,17H,6,9,12-16H2,1-2H3. The molecule has 2 heterocycles. The number of benzene rings is 2. The first-order valence-corrected chi connectivity index (χ1v) is 11.4. The molecule has 2 fully saturated rings. The van der Waals surface area contributed by atoms with Crippen LogP contribution < -0.4 is 4.90 Å². The van der Waals surface area contributed by atoms with Crippen LogP contribution in [0.1, 0.15) is 42.6 Å². The topological polar surface area (TPSA) is 60.9 Å². The monoisotopic (exact) mass is 453 g/mol. The number of carbonyl (C=O) groups excluding carboxylic acids is 3. The minimum absolute atomic E-state index is 0.0321. The lowest BCUT2D eigenvalue weighted by Gasteiger charge is -2.39. The number of hydrogen-bond acceptors (Lipinski definition) is 3. The fraction of sp³-hybridized carbons (Fsp3) is 0.400. The number of anilines is 1. The van der Waals surface area contributed by atoms with Gasteiger partial charge >= 0.3 is 0 Å². The molecular formula is C25H28ClN3O3. The Bertz CT molecular complexity index is 1030. The van der Waals surface area contributed by atoms with Crippen molar-refractivity contribution < 1.29 is 14.4 Å². The summed E-state index contributed by atoms with van der Waals surface area (Å²) in [5.41, 5.74) is 1.46. The van der Waals surface area contributed by atoms with Gasteiger partial charge in [-0.25, -0.2) is 0 Å². The van der Waals surface area contributed by atoms with E-state index in [4.69, 9.17) is 11.6 Å². The van der Waals surface area contributed by atoms with Crippen molar-refractivity contribution in [1.82, 2.24) is 9.80 Å². The lowest BCUT2D eigenvalue weighted by molar-refractivity contribution is -0.137. The summed E-state index contributed by atoms with van der Waals surface area (Å²) >= 11 is 6.32. The van der Waals surface area contributed by atoms with Gasteiger partial charge in [0, 0.05) is 44.7 Å². The number of amides is 3. The van der Waals surface area contributed by atoms with Crippen molar-refractivity contribution in [1.29, 1.82) is 0 Å². The van der Waals surface area contributed by atoms with Gasteiger partial charge in [-0.1, -0.05) is 41.9 Å². The van der Waals surface area contributed by atoms with E-state index in [2.05, 4.69) is 0 Å². The molecule has 6 nitrogen and oxygen atoms in total. The number of piperazine rings is 1. The van der Waals surface area contributed by atoms with Gasteiger partial charge in [0.15, 0.2) is 0 Å². The Morgan fingerprint density at radius 1 is 0.906 bits per heavy atom. The summed E-state index contributed by atoms with van der Waals surface area (Å²) in [6, 6.07) is 14.9. The zero-order valence-corrected chi connectivity index (χ0v) is 19.3. The third kappa shape index (κ3) is 4.24. The highest BCUT2D eigenvalue weighted by molar-refractivity contribution is 6.34. The summed E-state index contributed by atoms with van der Waals surface area (Å²) in [6.07, 6.45) is 1.30. The normalized spacial score (nSPS) is 17.1. The first kappa shape index (κ1) is 22.3. The molecule has 0 radical (unpaired) electrons. The van der Waals surface area contributed by atoms with Crippen molar-refractivity contribution in [2.45, 2.75) is 32.1 Å². The molecule has 0 aliphatic carbocycles. The minimum Gasteiger partial charge on any atom is -0.338 e. The minimum atomic E-state index is -0.624. The Hall–Kier alpha value is -2.86. The Balaban J connectivity index is 1.43. The van der Waals surface area contributed by atoms with Crippen molar-refractivity contribution in [3.8, 4) is 0 Å². The second-order valence-electron chi connectivity index (χ2n) is 8.89. The molecule has 2 saturated heterocycles. The van der Waals surface area contributed by atoms with Gasteiger partial charge in [0.05, 0.1) is 16.1 Å². The van der Waals surface area contributed by atoms with Crippen LogP contribution in [0.3, 0.4) is 0 Å². The van der Waals surface area contributed by atoms with E-state index in [0.29, 0.717) is 55.4 Å². The molecule has 2 aromatic carbocycles. The van der Waals surface area contributed by atoms with Crippen molar-refractivity contribution in [2.24, 2.45) is 0 Å². The smallest absolute Gasteiger partial charge is 0.254 e. The maximum Gasteiger partial charge on any atom is 0.254 e. The maximum absolute atomic E-state index is 13.2. The van der Waals surface area contributed by atoms with Gasteiger partial charge in [0.25, 0.3) is 5.91 Å². The number of nitrogens with zero attached hydrogens (tertiary/aromatic N) is 3. The highest BCUT2D eigenvalue weighted by Crippen LogP contribution is 2.31. The SMILES string of the molecule is CC(C)(C(=O)N1CCN(C(=O)c2ccc(Cl)c(N3CCCC3=O)c2)CC1)c1ccccc1. The third-order valence-corrected chi connectivity index (χ3v) is 6.76. The summed E-state index contributed by atoms with van der Waals surface area (Å²) in [6.45, 7) is 6.42. The molecule has 0 aromatic heterocycles. The Labute approximate surface area is 193 Å². The average molecular weight is 454 g/mol. The summed E-state index contributed by atoms with van der Waals surface area (Å²) < 4.78 is 0. The molecule has 0 spiro atoms. The summed E-state index contributed by atoms with van der Waals surface area (Å²) in [7, 11) is 0. The predicted molar refractivity (Wildman–Crippen MR) is 125 cm³/mol. The largest absolute Gasteiger partial charge is 0.338 e. The van der Waals surface area contributed by atoms with Crippen LogP contribution in [0.25, 0.3) is 0 Å². The van der Waals surface area contributed by atoms with Crippen molar-refractivity contribution in [3.63, 3.8) is 0 Å². The zero-order chi connectivity index (χ0) is 22.9. The number of rotatable bonds is 4. The van der Waals surface area contributed by atoms with Crippen LogP contribution in [0.2, 0.25) is 5.02 Å². The van der Waals surface area contributed by atoms with Gasteiger partial charge in [0.2, 0.25) is 11.8 Å². The lowest BCUT2D eigenvalue weighted by atomic mass is 9.83. The van der Waals surface area contributed by atoms with Gasteiger partial charge in [-0.05, 0) is 44.0 Å². The molecule has 2 aliphatic rings. The lowest BCUT2D eigenvalue weighted by Crippen LogP contribution is -2.54. The predicted octanol–water partition coefficient (Wildman–Crippen LogP) is 3.73. The summed E-state index contributed by atoms with van der Waals surface area (Å²) in [5, 5.41) is 0.468. The van der Waals surface area contributed by atoms with Crippen LogP contribution in [0.4, 0.5) is 5.69 Å². The van der Waals surface area contributed by atoms with Gasteiger partial charge in [-0.2, -0.15) is 0 Å². The fourth-order valence-corrected chi connectivity index (χ4v) is 4.64. The van der Waals surface area contributed by atoms with E-state index >= 15 is 0 Å². The Morgan fingerprint density at radius 3 is 2.19 bits per heavy atom. The van der Waals surface area contributed by atoms with Crippen LogP contribution in [0.5, 0.6) is 0 Å². The average Bonchev–Trinajstić information content (AvgIpc) is 3.24. The number of carbonyl (C=O) groups is 3. The molecule has 32 heavy (non-hydrogen) atoms. The van der Waals surface area contributed by atoms with E-state index in [0.717, 1.165) is 12.0 Å². The maximum atomic E-state index is 13.2. The first-order valence-electron chi connectivity index (χ1n) is 11.0. The number of hydrogen-bond donors (Lipinski definition) is 0. The molecule has 2 aliphatic heterocycles. The van der Waals surface area contributed by atoms with Crippen molar-refractivity contribution in [2.75, 3.05) is 37.6 Å². The van der Waals surface area contributed by atoms with Gasteiger partial charge in [-0.15, -0.1) is 0 Å². The molecule has 2 aromatic rings. The molecule has 7 heteroatoms. The fourth-order valence-electron chi connectivity index (χ4n) is 4.42. The molecule has 0 atom stereocenters. The van der Waals surface area contributed by atoms with Crippen LogP contribution in [0, 0.1) is 0 Å². The van der Waals surface area contributed by atoms with Crippen LogP contribution in [-0.4, -0.2) is 60.2 Å². The quantitative estimate of drug-likeness (QED) is 0.708. The molecule has 0 N–H and O–H groups in total. The highest BCUT2D eigenvalue weighted by Gasteiger charge is 2.36. The molecule has 3 amide bonds. The third-order valence-electron chi connectivity index (χ3n) is 6.44.